The zero-order chi connectivity index (χ0) is 16.8. The predicted molar refractivity (Wildman–Crippen MR) is 78.9 cm³/mol. The Balaban J connectivity index is 3.02. The molecule has 0 aliphatic carbocycles. The van der Waals surface area contributed by atoms with Gasteiger partial charge in [0.15, 0.2) is 0 Å². The number of nitrogens with zero attached hydrogens (tertiary/aromatic N) is 2. The van der Waals surface area contributed by atoms with E-state index in [9.17, 15) is 18.0 Å². The van der Waals surface area contributed by atoms with E-state index in [1.807, 2.05) is 0 Å². The van der Waals surface area contributed by atoms with Crippen molar-refractivity contribution in [3.8, 4) is 0 Å². The topological polar surface area (TPSA) is 51.0 Å². The maximum atomic E-state index is 12.9. The molecule has 1 rings (SSSR count). The van der Waals surface area contributed by atoms with Crippen molar-refractivity contribution in [1.82, 2.24) is 0 Å². The molecule has 0 amide bonds. The fourth-order valence-electron chi connectivity index (χ4n) is 1.82. The summed E-state index contributed by atoms with van der Waals surface area (Å²) in [5.74, 6) is -0.509. The summed E-state index contributed by atoms with van der Waals surface area (Å²) in [5, 5.41) is 0. The third kappa shape index (κ3) is 4.68. The highest BCUT2D eigenvalue weighted by Crippen LogP contribution is 2.21. The summed E-state index contributed by atoms with van der Waals surface area (Å²) in [4.78, 5) is 18.8. The highest BCUT2D eigenvalue weighted by Gasteiger charge is 2.35. The SMILES string of the molecule is CCN=C(CC(=NC)c1ccc(C(=O)OC)cc1)C(F)(F)F. The molecule has 0 N–H and O–H groups in total. The van der Waals surface area contributed by atoms with Crippen molar-refractivity contribution >= 4 is 17.4 Å². The molecule has 0 saturated carbocycles. The van der Waals surface area contributed by atoms with Crippen molar-refractivity contribution in [1.29, 1.82) is 0 Å². The van der Waals surface area contributed by atoms with Gasteiger partial charge in [-0.3, -0.25) is 9.98 Å². The van der Waals surface area contributed by atoms with Gasteiger partial charge < -0.3 is 4.74 Å². The van der Waals surface area contributed by atoms with Crippen LogP contribution in [0.2, 0.25) is 0 Å². The molecule has 0 radical (unpaired) electrons. The molecule has 0 unspecified atom stereocenters. The summed E-state index contributed by atoms with van der Waals surface area (Å²) in [6.45, 7) is 1.59. The minimum Gasteiger partial charge on any atom is -0.465 e. The van der Waals surface area contributed by atoms with E-state index < -0.39 is 24.3 Å². The van der Waals surface area contributed by atoms with E-state index in [1.165, 1.54) is 38.4 Å². The Labute approximate surface area is 126 Å². The van der Waals surface area contributed by atoms with Gasteiger partial charge >= 0.3 is 12.1 Å². The number of ether oxygens (including phenoxy) is 1. The lowest BCUT2D eigenvalue weighted by Gasteiger charge is -2.12. The molecule has 0 spiro atoms. The van der Waals surface area contributed by atoms with Crippen LogP contribution in [0.25, 0.3) is 0 Å². The average Bonchev–Trinajstić information content (AvgIpc) is 2.49. The minimum atomic E-state index is -4.49. The number of halogens is 3. The van der Waals surface area contributed by atoms with Crippen LogP contribution in [0.4, 0.5) is 13.2 Å². The number of benzene rings is 1. The molecular weight excluding hydrogens is 297 g/mol. The van der Waals surface area contributed by atoms with Gasteiger partial charge in [-0.15, -0.1) is 0 Å². The lowest BCUT2D eigenvalue weighted by atomic mass is 10.0. The monoisotopic (exact) mass is 314 g/mol. The molecule has 7 heteroatoms. The standard InChI is InChI=1S/C15H17F3N2O2/c1-4-20-13(15(16,17)18)9-12(19-2)10-5-7-11(8-6-10)14(21)22-3/h5-8H,4,9H2,1-3H3. The summed E-state index contributed by atoms with van der Waals surface area (Å²) in [6.07, 6.45) is -4.90. The molecule has 0 bridgehead atoms. The second kappa shape index (κ2) is 7.72. The van der Waals surface area contributed by atoms with Crippen molar-refractivity contribution < 1.29 is 22.7 Å². The van der Waals surface area contributed by atoms with Gasteiger partial charge in [0.25, 0.3) is 0 Å². The summed E-state index contributed by atoms with van der Waals surface area (Å²) >= 11 is 0. The Kier molecular flexibility index (Phi) is 6.27. The molecule has 4 nitrogen and oxygen atoms in total. The predicted octanol–water partition coefficient (Wildman–Crippen LogP) is 3.31. The quantitative estimate of drug-likeness (QED) is 0.618. The number of methoxy groups -OCH3 is 1. The zero-order valence-corrected chi connectivity index (χ0v) is 12.6. The van der Waals surface area contributed by atoms with Gasteiger partial charge in [0.05, 0.1) is 12.7 Å². The average molecular weight is 314 g/mol. The van der Waals surface area contributed by atoms with E-state index in [0.29, 0.717) is 11.1 Å². The number of hydrogen-bond acceptors (Lipinski definition) is 4. The fourth-order valence-corrected chi connectivity index (χ4v) is 1.82. The van der Waals surface area contributed by atoms with Gasteiger partial charge in [0.1, 0.15) is 5.71 Å². The Bertz CT molecular complexity index is 575. The van der Waals surface area contributed by atoms with E-state index >= 15 is 0 Å². The smallest absolute Gasteiger partial charge is 0.429 e. The first-order chi connectivity index (χ1) is 10.3. The van der Waals surface area contributed by atoms with Crippen molar-refractivity contribution in [2.75, 3.05) is 20.7 Å². The first-order valence-electron chi connectivity index (χ1n) is 6.58. The van der Waals surface area contributed by atoms with E-state index in [0.717, 1.165) is 0 Å². The normalized spacial score (nSPS) is 13.2. The van der Waals surface area contributed by atoms with Crippen molar-refractivity contribution in [2.45, 2.75) is 19.5 Å². The van der Waals surface area contributed by atoms with Crippen LogP contribution in [-0.4, -0.2) is 44.3 Å². The molecule has 0 aliphatic rings. The number of hydrogen-bond donors (Lipinski definition) is 0. The molecule has 120 valence electrons. The van der Waals surface area contributed by atoms with Gasteiger partial charge in [-0.25, -0.2) is 4.79 Å². The highest BCUT2D eigenvalue weighted by molar-refractivity contribution is 6.14. The molecule has 0 aliphatic heterocycles. The maximum Gasteiger partial charge on any atom is 0.429 e. The first-order valence-corrected chi connectivity index (χ1v) is 6.58. The van der Waals surface area contributed by atoms with Crippen LogP contribution in [0.1, 0.15) is 29.3 Å². The second-order valence-electron chi connectivity index (χ2n) is 4.33. The summed E-state index contributed by atoms with van der Waals surface area (Å²) in [5.41, 5.74) is 0.205. The molecule has 22 heavy (non-hydrogen) atoms. The molecule has 0 heterocycles. The minimum absolute atomic E-state index is 0.0487. The van der Waals surface area contributed by atoms with E-state index in [2.05, 4.69) is 14.7 Å². The van der Waals surface area contributed by atoms with Gasteiger partial charge in [-0.1, -0.05) is 12.1 Å². The molecule has 1 aromatic carbocycles. The Morgan fingerprint density at radius 3 is 2.14 bits per heavy atom. The molecule has 1 aromatic rings. The molecule has 0 fully saturated rings. The largest absolute Gasteiger partial charge is 0.465 e. The summed E-state index contributed by atoms with van der Waals surface area (Å²) < 4.78 is 43.2. The number of rotatable bonds is 5. The van der Waals surface area contributed by atoms with Crippen molar-refractivity contribution in [3.63, 3.8) is 0 Å². The lowest BCUT2D eigenvalue weighted by Crippen LogP contribution is -2.26. The van der Waals surface area contributed by atoms with Crippen LogP contribution < -0.4 is 0 Å². The van der Waals surface area contributed by atoms with Crippen molar-refractivity contribution in [2.24, 2.45) is 9.98 Å². The van der Waals surface area contributed by atoms with Gasteiger partial charge in [0.2, 0.25) is 0 Å². The highest BCUT2D eigenvalue weighted by atomic mass is 19.4. The number of carbonyl (C=O) groups excluding carboxylic acids is 1. The fraction of sp³-hybridized carbons (Fsp3) is 0.400. The third-order valence-corrected chi connectivity index (χ3v) is 2.92. The second-order valence-corrected chi connectivity index (χ2v) is 4.33. The van der Waals surface area contributed by atoms with Gasteiger partial charge in [-0.2, -0.15) is 13.2 Å². The Morgan fingerprint density at radius 2 is 1.73 bits per heavy atom. The molecule has 0 atom stereocenters. The van der Waals surface area contributed by atoms with Crippen molar-refractivity contribution in [3.05, 3.63) is 35.4 Å². The molecular formula is C15H17F3N2O2. The van der Waals surface area contributed by atoms with Crippen LogP contribution in [0.3, 0.4) is 0 Å². The van der Waals surface area contributed by atoms with E-state index in [-0.39, 0.29) is 12.3 Å². The first kappa shape index (κ1) is 17.9. The van der Waals surface area contributed by atoms with E-state index in [4.69, 9.17) is 0 Å². The van der Waals surface area contributed by atoms with Crippen LogP contribution in [0.15, 0.2) is 34.3 Å². The summed E-state index contributed by atoms with van der Waals surface area (Å²) in [7, 11) is 2.68. The molecule has 0 aromatic heterocycles. The maximum absolute atomic E-state index is 12.9. The third-order valence-electron chi connectivity index (χ3n) is 2.92. The molecule has 0 saturated heterocycles. The van der Waals surface area contributed by atoms with E-state index in [1.54, 1.807) is 6.92 Å². The van der Waals surface area contributed by atoms with Crippen LogP contribution in [-0.2, 0) is 4.74 Å². The zero-order valence-electron chi connectivity index (χ0n) is 12.6. The van der Waals surface area contributed by atoms with Gasteiger partial charge in [-0.05, 0) is 24.6 Å². The number of esters is 1. The number of alkyl halides is 3. The van der Waals surface area contributed by atoms with Crippen LogP contribution in [0.5, 0.6) is 0 Å². The number of carbonyl (C=O) groups is 1. The Morgan fingerprint density at radius 1 is 1.18 bits per heavy atom. The van der Waals surface area contributed by atoms with Gasteiger partial charge in [0, 0.05) is 25.7 Å². The van der Waals surface area contributed by atoms with Crippen LogP contribution >= 0.6 is 0 Å². The Hall–Kier alpha value is -2.18. The lowest BCUT2D eigenvalue weighted by molar-refractivity contribution is -0.0599. The van der Waals surface area contributed by atoms with Crippen LogP contribution in [0, 0.1) is 0 Å². The summed E-state index contributed by atoms with van der Waals surface area (Å²) in [6, 6.07) is 6.04. The number of aliphatic imine (C=N–C) groups is 2.